The molecule has 0 spiro atoms. The molecule has 1 saturated heterocycles. The molecule has 1 aliphatic rings. The van der Waals surface area contributed by atoms with E-state index in [0.717, 1.165) is 0 Å². The fourth-order valence-electron chi connectivity index (χ4n) is 0.510. The first-order valence-electron chi connectivity index (χ1n) is 2.08. The molecule has 0 unspecified atom stereocenters. The summed E-state index contributed by atoms with van der Waals surface area (Å²) in [7, 11) is 0. The summed E-state index contributed by atoms with van der Waals surface area (Å²) >= 11 is 2.07. The molecule has 0 aromatic rings. The van der Waals surface area contributed by atoms with Crippen molar-refractivity contribution in [1.82, 2.24) is 0 Å². The first-order valence-corrected chi connectivity index (χ1v) is 3.23. The average Bonchev–Trinajstić information content (AvgIpc) is 1.76. The smallest absolute Gasteiger partial charge is 0 e. The number of hydrogen-bond donors (Lipinski definition) is 0. The Morgan fingerprint density at radius 1 is 1.00 bits per heavy atom. The Morgan fingerprint density at radius 3 is 1.67 bits per heavy atom. The second-order valence-electron chi connectivity index (χ2n) is 1.32. The van der Waals surface area contributed by atoms with Crippen LogP contribution < -0.4 is 0 Å². The largest absolute Gasteiger partial charge is 0.162 e. The predicted molar refractivity (Wildman–Crippen MR) is 32.3 cm³/mol. The Bertz CT molecular complexity index is 19.1. The third-order valence-corrected chi connectivity index (χ3v) is 1.98. The minimum absolute atomic E-state index is 0. The number of hydrogen-bond acceptors (Lipinski definition) is 1. The van der Waals surface area contributed by atoms with Crippen LogP contribution in [0.1, 0.15) is 12.8 Å². The fourth-order valence-corrected chi connectivity index (χ4v) is 1.53. The third-order valence-electron chi connectivity index (χ3n) is 0.827. The van der Waals surface area contributed by atoms with Crippen LogP contribution in [-0.2, 0) is 0 Å². The molecule has 0 saturated carbocycles. The van der Waals surface area contributed by atoms with Crippen LogP contribution in [0.5, 0.6) is 0 Å². The molecule has 1 heterocycles. The summed E-state index contributed by atoms with van der Waals surface area (Å²) in [5.41, 5.74) is 0. The standard InChI is InChI=1S/C4H8S.Na/c1-2-4-5-3-1;/h1-4H2;. The zero-order valence-electron chi connectivity index (χ0n) is 4.24. The van der Waals surface area contributed by atoms with Crippen LogP contribution in [0, 0.1) is 0 Å². The van der Waals surface area contributed by atoms with Crippen LogP contribution in [0.3, 0.4) is 0 Å². The molecule has 0 aliphatic carbocycles. The third kappa shape index (κ3) is 2.51. The molecule has 31 valence electrons. The second kappa shape index (κ2) is 4.51. The van der Waals surface area contributed by atoms with Gasteiger partial charge in [0.15, 0.2) is 0 Å². The van der Waals surface area contributed by atoms with Gasteiger partial charge in [0.1, 0.15) is 0 Å². The van der Waals surface area contributed by atoms with Crippen molar-refractivity contribution >= 4 is 41.3 Å². The summed E-state index contributed by atoms with van der Waals surface area (Å²) in [5, 5.41) is 0. The second-order valence-corrected chi connectivity index (χ2v) is 2.54. The molecule has 1 radical (unpaired) electrons. The Labute approximate surface area is 65.4 Å². The van der Waals surface area contributed by atoms with Crippen LogP contribution in [0.2, 0.25) is 0 Å². The van der Waals surface area contributed by atoms with Gasteiger partial charge in [-0.3, -0.25) is 0 Å². The van der Waals surface area contributed by atoms with Gasteiger partial charge in [0.05, 0.1) is 0 Å². The molecule has 0 bridgehead atoms. The molecule has 1 fully saturated rings. The van der Waals surface area contributed by atoms with Crippen LogP contribution >= 0.6 is 11.8 Å². The maximum atomic E-state index is 2.07. The van der Waals surface area contributed by atoms with Crippen molar-refractivity contribution in [2.75, 3.05) is 11.5 Å². The maximum Gasteiger partial charge on any atom is 0 e. The van der Waals surface area contributed by atoms with E-state index in [4.69, 9.17) is 0 Å². The van der Waals surface area contributed by atoms with Gasteiger partial charge in [0, 0.05) is 29.6 Å². The van der Waals surface area contributed by atoms with E-state index in [0.29, 0.717) is 0 Å². The van der Waals surface area contributed by atoms with Gasteiger partial charge < -0.3 is 0 Å². The van der Waals surface area contributed by atoms with Crippen LogP contribution in [-0.4, -0.2) is 41.1 Å². The van der Waals surface area contributed by atoms with E-state index in [-0.39, 0.29) is 29.6 Å². The van der Waals surface area contributed by atoms with E-state index in [1.54, 1.807) is 0 Å². The number of thioether (sulfide) groups is 1. The first-order chi connectivity index (χ1) is 2.50. The van der Waals surface area contributed by atoms with E-state index >= 15 is 0 Å². The Morgan fingerprint density at radius 2 is 1.50 bits per heavy atom. The average molecular weight is 111 g/mol. The van der Waals surface area contributed by atoms with Crippen LogP contribution in [0.25, 0.3) is 0 Å². The molecule has 0 N–H and O–H groups in total. The van der Waals surface area contributed by atoms with Gasteiger partial charge in [-0.25, -0.2) is 0 Å². The molecule has 2 heteroatoms. The summed E-state index contributed by atoms with van der Waals surface area (Å²) in [6, 6.07) is 0. The Balaban J connectivity index is 0.000000250. The van der Waals surface area contributed by atoms with Gasteiger partial charge in [-0.1, -0.05) is 0 Å². The Hall–Kier alpha value is 1.35. The fraction of sp³-hybridized carbons (Fsp3) is 1.00. The van der Waals surface area contributed by atoms with Crippen molar-refractivity contribution in [1.29, 1.82) is 0 Å². The molecule has 0 amide bonds. The summed E-state index contributed by atoms with van der Waals surface area (Å²) in [5.74, 6) is 2.83. The van der Waals surface area contributed by atoms with Gasteiger partial charge in [0.25, 0.3) is 0 Å². The zero-order valence-corrected chi connectivity index (χ0v) is 7.05. The zero-order chi connectivity index (χ0) is 3.54. The maximum absolute atomic E-state index is 2.07. The molecular formula is C4H8NaS. The molecule has 0 atom stereocenters. The first kappa shape index (κ1) is 7.35. The van der Waals surface area contributed by atoms with Crippen LogP contribution in [0.4, 0.5) is 0 Å². The van der Waals surface area contributed by atoms with E-state index in [9.17, 15) is 0 Å². The van der Waals surface area contributed by atoms with Crippen molar-refractivity contribution in [2.45, 2.75) is 12.8 Å². The van der Waals surface area contributed by atoms with Crippen molar-refractivity contribution in [2.24, 2.45) is 0 Å². The van der Waals surface area contributed by atoms with E-state index in [1.807, 2.05) is 0 Å². The molecule has 0 aromatic heterocycles. The van der Waals surface area contributed by atoms with Crippen molar-refractivity contribution < 1.29 is 0 Å². The number of rotatable bonds is 0. The summed E-state index contributed by atoms with van der Waals surface area (Å²) in [4.78, 5) is 0. The minimum Gasteiger partial charge on any atom is -0.162 e. The van der Waals surface area contributed by atoms with Gasteiger partial charge in [-0.15, -0.1) is 0 Å². The summed E-state index contributed by atoms with van der Waals surface area (Å²) < 4.78 is 0. The van der Waals surface area contributed by atoms with Gasteiger partial charge in [0.2, 0.25) is 0 Å². The minimum atomic E-state index is 0. The molecule has 1 rings (SSSR count). The van der Waals surface area contributed by atoms with E-state index in [1.165, 1.54) is 24.3 Å². The molecule has 1 aliphatic heterocycles. The van der Waals surface area contributed by atoms with Gasteiger partial charge in [-0.05, 0) is 24.3 Å². The summed E-state index contributed by atoms with van der Waals surface area (Å²) in [6.45, 7) is 0. The normalized spacial score (nSPS) is 20.0. The van der Waals surface area contributed by atoms with E-state index < -0.39 is 0 Å². The molecular weight excluding hydrogens is 103 g/mol. The van der Waals surface area contributed by atoms with Crippen molar-refractivity contribution in [3.8, 4) is 0 Å². The van der Waals surface area contributed by atoms with Crippen LogP contribution in [0.15, 0.2) is 0 Å². The van der Waals surface area contributed by atoms with E-state index in [2.05, 4.69) is 11.8 Å². The van der Waals surface area contributed by atoms with Crippen molar-refractivity contribution in [3.63, 3.8) is 0 Å². The van der Waals surface area contributed by atoms with Gasteiger partial charge >= 0.3 is 0 Å². The predicted octanol–water partition coefficient (Wildman–Crippen LogP) is 1.13. The van der Waals surface area contributed by atoms with Crippen molar-refractivity contribution in [3.05, 3.63) is 0 Å². The quantitative estimate of drug-likeness (QED) is 0.422. The monoisotopic (exact) mass is 111 g/mol. The topological polar surface area (TPSA) is 0 Å². The van der Waals surface area contributed by atoms with Gasteiger partial charge in [-0.2, -0.15) is 11.8 Å². The molecule has 0 nitrogen and oxygen atoms in total. The molecule has 0 aromatic carbocycles. The Kier molecular flexibility index (Phi) is 5.52. The SMILES string of the molecule is C1CCSC1.[Na]. The molecule has 6 heavy (non-hydrogen) atoms. The summed E-state index contributed by atoms with van der Waals surface area (Å²) in [6.07, 6.45) is 2.93.